The standard InChI is InChI=1S/C20H19ClN4O4S2/c1-5-8-24-19(27)16-10(2)11(3)30-18(16)23-20(24)31-12(4)17(26)22-15-9-13(25(28)29)6-7-14(15)21/h5-7,9,12H,1,8H2,2-4H3,(H,22,26)/t12-/m1/s1. The number of aromatic nitrogens is 2. The molecule has 0 radical (unpaired) electrons. The van der Waals surface area contributed by atoms with E-state index in [1.807, 2.05) is 13.8 Å². The molecule has 31 heavy (non-hydrogen) atoms. The first-order chi connectivity index (χ1) is 14.6. The van der Waals surface area contributed by atoms with Crippen LogP contribution in [0.2, 0.25) is 5.02 Å². The lowest BCUT2D eigenvalue weighted by Gasteiger charge is -2.15. The number of hydrogen-bond donors (Lipinski definition) is 1. The highest BCUT2D eigenvalue weighted by Crippen LogP contribution is 2.31. The number of nitrogens with one attached hydrogen (secondary N) is 1. The van der Waals surface area contributed by atoms with Gasteiger partial charge in [-0.15, -0.1) is 17.9 Å². The van der Waals surface area contributed by atoms with Crippen LogP contribution < -0.4 is 10.9 Å². The molecule has 0 aliphatic heterocycles. The Morgan fingerprint density at radius 2 is 2.19 bits per heavy atom. The minimum atomic E-state index is -0.655. The third-order valence-corrected chi connectivity index (χ3v) is 7.16. The van der Waals surface area contributed by atoms with Crippen molar-refractivity contribution in [3.05, 3.63) is 66.8 Å². The molecule has 2 aromatic heterocycles. The second kappa shape index (κ2) is 9.21. The molecule has 1 aromatic carbocycles. The predicted octanol–water partition coefficient (Wildman–Crippen LogP) is 4.94. The van der Waals surface area contributed by atoms with Crippen molar-refractivity contribution in [1.29, 1.82) is 0 Å². The van der Waals surface area contributed by atoms with Gasteiger partial charge in [-0.1, -0.05) is 29.4 Å². The molecule has 0 bridgehead atoms. The van der Waals surface area contributed by atoms with Crippen LogP contribution in [0.5, 0.6) is 0 Å². The number of halogens is 1. The van der Waals surface area contributed by atoms with Gasteiger partial charge in [0.2, 0.25) is 5.91 Å². The molecule has 0 unspecified atom stereocenters. The fourth-order valence-corrected chi connectivity index (χ4v) is 5.01. The third-order valence-electron chi connectivity index (χ3n) is 4.64. The van der Waals surface area contributed by atoms with Crippen molar-refractivity contribution >= 4 is 62.2 Å². The summed E-state index contributed by atoms with van der Waals surface area (Å²) < 4.78 is 1.49. The molecule has 1 amide bonds. The largest absolute Gasteiger partial charge is 0.324 e. The van der Waals surface area contributed by atoms with Gasteiger partial charge in [0.15, 0.2) is 5.16 Å². The molecule has 0 saturated heterocycles. The number of nitro benzene ring substituents is 1. The summed E-state index contributed by atoms with van der Waals surface area (Å²) in [6.45, 7) is 9.44. The van der Waals surface area contributed by atoms with Crippen molar-refractivity contribution in [2.45, 2.75) is 37.7 Å². The fourth-order valence-electron chi connectivity index (χ4n) is 2.86. The van der Waals surface area contributed by atoms with Crippen LogP contribution in [-0.2, 0) is 11.3 Å². The summed E-state index contributed by atoms with van der Waals surface area (Å²) in [7, 11) is 0. The lowest BCUT2D eigenvalue weighted by Crippen LogP contribution is -2.26. The number of non-ortho nitro benzene ring substituents is 1. The molecule has 0 aliphatic carbocycles. The van der Waals surface area contributed by atoms with Crippen molar-refractivity contribution in [2.75, 3.05) is 5.32 Å². The number of nitrogens with zero attached hydrogens (tertiary/aromatic N) is 3. The SMILES string of the molecule is C=CCn1c(S[C@H](C)C(=O)Nc2cc([N+](=O)[O-])ccc2Cl)nc2sc(C)c(C)c2c1=O. The van der Waals surface area contributed by atoms with Gasteiger partial charge in [0.25, 0.3) is 11.2 Å². The first-order valence-electron chi connectivity index (χ1n) is 9.17. The molecule has 0 spiro atoms. The molecule has 162 valence electrons. The molecule has 1 N–H and O–H groups in total. The Morgan fingerprint density at radius 1 is 1.48 bits per heavy atom. The predicted molar refractivity (Wildman–Crippen MR) is 126 cm³/mol. The summed E-state index contributed by atoms with van der Waals surface area (Å²) in [5, 5.41) is 14.1. The molecule has 8 nitrogen and oxygen atoms in total. The van der Waals surface area contributed by atoms with Gasteiger partial charge in [-0.3, -0.25) is 24.3 Å². The van der Waals surface area contributed by atoms with Crippen molar-refractivity contribution in [1.82, 2.24) is 9.55 Å². The number of thiophene rings is 1. The van der Waals surface area contributed by atoms with Crippen LogP contribution in [-0.4, -0.2) is 25.6 Å². The van der Waals surface area contributed by atoms with Crippen molar-refractivity contribution in [3.8, 4) is 0 Å². The highest BCUT2D eigenvalue weighted by molar-refractivity contribution is 8.00. The zero-order chi connectivity index (χ0) is 22.9. The van der Waals surface area contributed by atoms with Gasteiger partial charge in [0.1, 0.15) is 4.83 Å². The Morgan fingerprint density at radius 3 is 2.84 bits per heavy atom. The number of rotatable bonds is 7. The zero-order valence-corrected chi connectivity index (χ0v) is 19.4. The number of aryl methyl sites for hydroxylation is 2. The van der Waals surface area contributed by atoms with Gasteiger partial charge in [-0.25, -0.2) is 4.98 Å². The summed E-state index contributed by atoms with van der Waals surface area (Å²) in [5.74, 6) is -0.426. The molecule has 3 rings (SSSR count). The molecule has 0 saturated carbocycles. The number of anilines is 1. The highest BCUT2D eigenvalue weighted by Gasteiger charge is 2.22. The Hall–Kier alpha value is -2.69. The summed E-state index contributed by atoms with van der Waals surface area (Å²) in [6.07, 6.45) is 1.60. The highest BCUT2D eigenvalue weighted by atomic mass is 35.5. The van der Waals surface area contributed by atoms with Gasteiger partial charge >= 0.3 is 0 Å². The first-order valence-corrected chi connectivity index (χ1v) is 11.2. The molecule has 0 fully saturated rings. The zero-order valence-electron chi connectivity index (χ0n) is 17.0. The minimum Gasteiger partial charge on any atom is -0.324 e. The van der Waals surface area contributed by atoms with E-state index in [1.54, 1.807) is 13.0 Å². The van der Waals surface area contributed by atoms with E-state index in [2.05, 4.69) is 16.9 Å². The number of benzene rings is 1. The van der Waals surface area contributed by atoms with Crippen LogP contribution in [0.15, 0.2) is 40.8 Å². The molecule has 11 heteroatoms. The topological polar surface area (TPSA) is 107 Å². The van der Waals surface area contributed by atoms with Crippen LogP contribution in [0, 0.1) is 24.0 Å². The summed E-state index contributed by atoms with van der Waals surface area (Å²) in [6, 6.07) is 3.81. The number of allylic oxidation sites excluding steroid dienone is 1. The van der Waals surface area contributed by atoms with Gasteiger partial charge < -0.3 is 5.32 Å². The van der Waals surface area contributed by atoms with E-state index < -0.39 is 16.1 Å². The van der Waals surface area contributed by atoms with E-state index in [0.29, 0.717) is 15.4 Å². The van der Waals surface area contributed by atoms with Gasteiger partial charge in [-0.05, 0) is 32.4 Å². The van der Waals surface area contributed by atoms with E-state index in [9.17, 15) is 19.7 Å². The monoisotopic (exact) mass is 478 g/mol. The molecule has 3 aromatic rings. The molecule has 2 heterocycles. The van der Waals surface area contributed by atoms with E-state index in [4.69, 9.17) is 11.6 Å². The van der Waals surface area contributed by atoms with Crippen LogP contribution >= 0.6 is 34.7 Å². The number of hydrogen-bond acceptors (Lipinski definition) is 7. The number of amides is 1. The van der Waals surface area contributed by atoms with Crippen LogP contribution in [0.1, 0.15) is 17.4 Å². The second-order valence-electron chi connectivity index (χ2n) is 6.73. The second-order valence-corrected chi connectivity index (χ2v) is 9.65. The van der Waals surface area contributed by atoms with Crippen molar-refractivity contribution in [2.24, 2.45) is 0 Å². The Labute approximate surface area is 191 Å². The Kier molecular flexibility index (Phi) is 6.83. The summed E-state index contributed by atoms with van der Waals surface area (Å²) >= 11 is 8.62. The maximum Gasteiger partial charge on any atom is 0.271 e. The van der Waals surface area contributed by atoms with Crippen LogP contribution in [0.3, 0.4) is 0 Å². The van der Waals surface area contributed by atoms with Crippen molar-refractivity contribution in [3.63, 3.8) is 0 Å². The third kappa shape index (κ3) is 4.65. The van der Waals surface area contributed by atoms with Crippen LogP contribution in [0.4, 0.5) is 11.4 Å². The Bertz CT molecular complexity index is 1270. The first kappa shape index (κ1) is 23.0. The lowest BCUT2D eigenvalue weighted by atomic mass is 10.2. The average Bonchev–Trinajstić information content (AvgIpc) is 2.99. The average molecular weight is 479 g/mol. The number of fused-ring (bicyclic) bond motifs is 1. The molecule has 0 aliphatic rings. The summed E-state index contributed by atoms with van der Waals surface area (Å²) in [5.41, 5.74) is 0.682. The van der Waals surface area contributed by atoms with E-state index in [-0.39, 0.29) is 28.5 Å². The molecular weight excluding hydrogens is 460 g/mol. The minimum absolute atomic E-state index is 0.143. The van der Waals surface area contributed by atoms with Crippen LogP contribution in [0.25, 0.3) is 10.2 Å². The number of nitro groups is 1. The van der Waals surface area contributed by atoms with Gasteiger partial charge in [0.05, 0.1) is 26.3 Å². The van der Waals surface area contributed by atoms with E-state index in [1.165, 1.54) is 34.1 Å². The molecule has 1 atom stereocenters. The molecular formula is C20H19ClN4O4S2. The fraction of sp³-hybridized carbons (Fsp3) is 0.250. The van der Waals surface area contributed by atoms with E-state index in [0.717, 1.165) is 22.2 Å². The number of thioether (sulfide) groups is 1. The van der Waals surface area contributed by atoms with Gasteiger partial charge in [-0.2, -0.15) is 0 Å². The lowest BCUT2D eigenvalue weighted by molar-refractivity contribution is -0.384. The summed E-state index contributed by atoms with van der Waals surface area (Å²) in [4.78, 5) is 42.5. The quantitative estimate of drug-likeness (QED) is 0.169. The number of carbonyl (C=O) groups is 1. The maximum atomic E-state index is 13.0. The maximum absolute atomic E-state index is 13.0. The van der Waals surface area contributed by atoms with E-state index >= 15 is 0 Å². The van der Waals surface area contributed by atoms with Crippen molar-refractivity contribution < 1.29 is 9.72 Å². The number of carbonyl (C=O) groups excluding carboxylic acids is 1. The normalized spacial score (nSPS) is 12.0. The Balaban J connectivity index is 1.91. The smallest absolute Gasteiger partial charge is 0.271 e. The van der Waals surface area contributed by atoms with Gasteiger partial charge in [0, 0.05) is 23.6 Å².